The van der Waals surface area contributed by atoms with Crippen LogP contribution in [-0.4, -0.2) is 11.2 Å². The summed E-state index contributed by atoms with van der Waals surface area (Å²) in [6, 6.07) is 0. The minimum absolute atomic E-state index is 0.386. The lowest BCUT2D eigenvalue weighted by molar-refractivity contribution is 0.217. The van der Waals surface area contributed by atoms with Gasteiger partial charge in [-0.1, -0.05) is 39.0 Å². The quantitative estimate of drug-likeness (QED) is 0.494. The monoisotopic (exact) mass is 182 g/mol. The Bertz CT molecular complexity index is 152. The summed E-state index contributed by atoms with van der Waals surface area (Å²) in [5.74, 6) is 5.89. The van der Waals surface area contributed by atoms with E-state index in [2.05, 4.69) is 25.7 Å². The largest absolute Gasteiger partial charge is 0.380 e. The van der Waals surface area contributed by atoms with Crippen LogP contribution in [0.5, 0.6) is 0 Å². The first-order valence-corrected chi connectivity index (χ1v) is 5.47. The van der Waals surface area contributed by atoms with Crippen LogP contribution in [0.25, 0.3) is 0 Å². The van der Waals surface area contributed by atoms with E-state index in [0.29, 0.717) is 0 Å². The second-order valence-corrected chi connectivity index (χ2v) is 3.44. The molecule has 1 heteroatoms. The van der Waals surface area contributed by atoms with Gasteiger partial charge in [-0.05, 0) is 19.3 Å². The molecule has 1 nitrogen and oxygen atoms in total. The molecular formula is C12H22O. The first-order chi connectivity index (χ1) is 6.31. The summed E-state index contributed by atoms with van der Waals surface area (Å²) < 4.78 is 0. The minimum Gasteiger partial charge on any atom is -0.380 e. The van der Waals surface area contributed by atoms with Crippen molar-refractivity contribution >= 4 is 0 Å². The molecule has 0 unspecified atom stereocenters. The van der Waals surface area contributed by atoms with Crippen molar-refractivity contribution in [1.29, 1.82) is 0 Å². The first-order valence-electron chi connectivity index (χ1n) is 5.47. The zero-order valence-corrected chi connectivity index (χ0v) is 8.97. The smallest absolute Gasteiger partial charge is 0.114 e. The highest BCUT2D eigenvalue weighted by Crippen LogP contribution is 2.02. The van der Waals surface area contributed by atoms with Crippen LogP contribution < -0.4 is 0 Å². The summed E-state index contributed by atoms with van der Waals surface area (Å²) in [5.41, 5.74) is 0. The summed E-state index contributed by atoms with van der Waals surface area (Å²) >= 11 is 0. The predicted molar refractivity (Wildman–Crippen MR) is 57.4 cm³/mol. The van der Waals surface area contributed by atoms with Crippen molar-refractivity contribution < 1.29 is 5.11 Å². The standard InChI is InChI=1S/C12H22O/c1-3-5-7-9-11-12(13)10-8-6-4-2/h12-13H,3-8,10H2,1-2H3/t12-/m1/s1. The molecule has 0 saturated carbocycles. The average Bonchev–Trinajstić information content (AvgIpc) is 2.13. The van der Waals surface area contributed by atoms with Gasteiger partial charge in [-0.25, -0.2) is 0 Å². The second-order valence-electron chi connectivity index (χ2n) is 3.44. The van der Waals surface area contributed by atoms with E-state index in [-0.39, 0.29) is 6.10 Å². The van der Waals surface area contributed by atoms with E-state index in [1.807, 2.05) is 0 Å². The van der Waals surface area contributed by atoms with Crippen molar-refractivity contribution in [1.82, 2.24) is 0 Å². The maximum absolute atomic E-state index is 9.40. The van der Waals surface area contributed by atoms with Gasteiger partial charge in [0.05, 0.1) is 0 Å². The van der Waals surface area contributed by atoms with Gasteiger partial charge in [0.15, 0.2) is 0 Å². The van der Waals surface area contributed by atoms with Crippen LogP contribution in [0, 0.1) is 11.8 Å². The Labute approximate surface area is 82.5 Å². The van der Waals surface area contributed by atoms with Gasteiger partial charge in [-0.2, -0.15) is 0 Å². The Morgan fingerprint density at radius 1 is 1.08 bits per heavy atom. The van der Waals surface area contributed by atoms with E-state index in [4.69, 9.17) is 0 Å². The molecule has 0 amide bonds. The van der Waals surface area contributed by atoms with Crippen LogP contribution in [0.4, 0.5) is 0 Å². The molecule has 0 aromatic rings. The Morgan fingerprint density at radius 3 is 2.38 bits per heavy atom. The van der Waals surface area contributed by atoms with E-state index in [0.717, 1.165) is 25.7 Å². The Hall–Kier alpha value is -0.480. The number of hydrogen-bond donors (Lipinski definition) is 1. The molecule has 0 aliphatic carbocycles. The van der Waals surface area contributed by atoms with Gasteiger partial charge < -0.3 is 5.11 Å². The third-order valence-electron chi connectivity index (χ3n) is 2.01. The molecule has 0 heterocycles. The molecule has 0 aromatic carbocycles. The molecule has 0 aliphatic rings. The van der Waals surface area contributed by atoms with Crippen LogP contribution in [0.2, 0.25) is 0 Å². The molecule has 0 spiro atoms. The fourth-order valence-corrected chi connectivity index (χ4v) is 1.12. The lowest BCUT2D eigenvalue weighted by Crippen LogP contribution is -2.01. The summed E-state index contributed by atoms with van der Waals surface area (Å²) in [4.78, 5) is 0. The number of hydrogen-bond acceptors (Lipinski definition) is 1. The fraction of sp³-hybridized carbons (Fsp3) is 0.833. The van der Waals surface area contributed by atoms with E-state index in [1.54, 1.807) is 0 Å². The molecule has 1 N–H and O–H groups in total. The number of rotatable bonds is 6. The summed E-state index contributed by atoms with van der Waals surface area (Å²) in [7, 11) is 0. The summed E-state index contributed by atoms with van der Waals surface area (Å²) in [6.07, 6.45) is 7.22. The molecule has 0 aromatic heterocycles. The Balaban J connectivity index is 3.35. The lowest BCUT2D eigenvalue weighted by atomic mass is 10.1. The van der Waals surface area contributed by atoms with Crippen molar-refractivity contribution in [3.63, 3.8) is 0 Å². The maximum Gasteiger partial charge on any atom is 0.114 e. The molecule has 13 heavy (non-hydrogen) atoms. The van der Waals surface area contributed by atoms with Gasteiger partial charge in [0.1, 0.15) is 6.10 Å². The van der Waals surface area contributed by atoms with Crippen LogP contribution in [0.3, 0.4) is 0 Å². The molecule has 0 radical (unpaired) electrons. The maximum atomic E-state index is 9.40. The van der Waals surface area contributed by atoms with Crippen molar-refractivity contribution in [3.05, 3.63) is 0 Å². The van der Waals surface area contributed by atoms with E-state index >= 15 is 0 Å². The lowest BCUT2D eigenvalue weighted by Gasteiger charge is -2.00. The van der Waals surface area contributed by atoms with Crippen LogP contribution >= 0.6 is 0 Å². The molecule has 0 bridgehead atoms. The zero-order valence-electron chi connectivity index (χ0n) is 8.97. The van der Waals surface area contributed by atoms with Crippen molar-refractivity contribution in [2.75, 3.05) is 0 Å². The highest BCUT2D eigenvalue weighted by Gasteiger charge is 1.96. The second kappa shape index (κ2) is 9.61. The van der Waals surface area contributed by atoms with Crippen molar-refractivity contribution in [2.45, 2.75) is 64.9 Å². The van der Waals surface area contributed by atoms with Gasteiger partial charge >= 0.3 is 0 Å². The SMILES string of the molecule is CCCCC#C[C@H](O)CCCCC. The van der Waals surface area contributed by atoms with Gasteiger partial charge in [-0.15, -0.1) is 5.92 Å². The highest BCUT2D eigenvalue weighted by molar-refractivity contribution is 5.04. The Kier molecular flexibility index (Phi) is 9.25. The molecular weight excluding hydrogens is 160 g/mol. The molecule has 0 aliphatic heterocycles. The number of aliphatic hydroxyl groups is 1. The normalized spacial score (nSPS) is 11.9. The first kappa shape index (κ1) is 12.5. The molecule has 0 saturated heterocycles. The topological polar surface area (TPSA) is 20.2 Å². The van der Waals surface area contributed by atoms with Gasteiger partial charge in [0, 0.05) is 6.42 Å². The fourth-order valence-electron chi connectivity index (χ4n) is 1.12. The highest BCUT2D eigenvalue weighted by atomic mass is 16.3. The predicted octanol–water partition coefficient (Wildman–Crippen LogP) is 3.12. The summed E-state index contributed by atoms with van der Waals surface area (Å²) in [5, 5.41) is 9.40. The van der Waals surface area contributed by atoms with Crippen LogP contribution in [0.1, 0.15) is 58.8 Å². The van der Waals surface area contributed by atoms with Gasteiger partial charge in [0.25, 0.3) is 0 Å². The molecule has 0 fully saturated rings. The average molecular weight is 182 g/mol. The zero-order chi connectivity index (χ0) is 9.94. The van der Waals surface area contributed by atoms with Crippen molar-refractivity contribution in [2.24, 2.45) is 0 Å². The van der Waals surface area contributed by atoms with E-state index in [9.17, 15) is 5.11 Å². The number of aliphatic hydroxyl groups excluding tert-OH is 1. The number of unbranched alkanes of at least 4 members (excludes halogenated alkanes) is 4. The minimum atomic E-state index is -0.386. The van der Waals surface area contributed by atoms with Crippen LogP contribution in [-0.2, 0) is 0 Å². The van der Waals surface area contributed by atoms with E-state index in [1.165, 1.54) is 19.3 Å². The molecule has 0 rings (SSSR count). The van der Waals surface area contributed by atoms with Crippen molar-refractivity contribution in [3.8, 4) is 11.8 Å². The molecule has 76 valence electrons. The summed E-state index contributed by atoms with van der Waals surface area (Å²) in [6.45, 7) is 4.32. The van der Waals surface area contributed by atoms with Gasteiger partial charge in [0.2, 0.25) is 0 Å². The molecule has 1 atom stereocenters. The van der Waals surface area contributed by atoms with Crippen LogP contribution in [0.15, 0.2) is 0 Å². The Morgan fingerprint density at radius 2 is 1.77 bits per heavy atom. The third kappa shape index (κ3) is 9.43. The van der Waals surface area contributed by atoms with Gasteiger partial charge in [-0.3, -0.25) is 0 Å². The third-order valence-corrected chi connectivity index (χ3v) is 2.01. The van der Waals surface area contributed by atoms with E-state index < -0.39 is 0 Å².